The highest BCUT2D eigenvalue weighted by molar-refractivity contribution is 5.95. The summed E-state index contributed by atoms with van der Waals surface area (Å²) in [6, 6.07) is 19.3. The van der Waals surface area contributed by atoms with E-state index in [1.807, 2.05) is 79.8 Å². The Morgan fingerprint density at radius 1 is 1.08 bits per heavy atom. The van der Waals surface area contributed by atoms with Crippen molar-refractivity contribution in [1.82, 2.24) is 0 Å². The molecule has 4 nitrogen and oxygen atoms in total. The number of nitrogens with one attached hydrogen (secondary N) is 1. The van der Waals surface area contributed by atoms with Gasteiger partial charge in [0.25, 0.3) is 5.91 Å². The lowest BCUT2D eigenvalue weighted by Gasteiger charge is -2.17. The van der Waals surface area contributed by atoms with Crippen LogP contribution in [0.4, 0.5) is 5.69 Å². The highest BCUT2D eigenvalue weighted by atomic mass is 16.3. The monoisotopic (exact) mass is 335 g/mol. The molecule has 25 heavy (non-hydrogen) atoms. The number of amides is 1. The Bertz CT molecular complexity index is 826. The average molecular weight is 335 g/mol. The topological polar surface area (TPSA) is 58.9 Å². The first-order chi connectivity index (χ1) is 12.1. The van der Waals surface area contributed by atoms with E-state index in [1.165, 1.54) is 0 Å². The fourth-order valence-corrected chi connectivity index (χ4v) is 2.80. The second-order valence-electron chi connectivity index (χ2n) is 6.22. The third-order valence-corrected chi connectivity index (χ3v) is 4.23. The summed E-state index contributed by atoms with van der Waals surface area (Å²) in [6.45, 7) is 4.62. The number of anilines is 1. The van der Waals surface area contributed by atoms with Gasteiger partial charge >= 0.3 is 0 Å². The fraction of sp³-hybridized carbons (Fsp3) is 0.190. The number of hydrogen-bond donors (Lipinski definition) is 2. The van der Waals surface area contributed by atoms with Crippen molar-refractivity contribution >= 4 is 11.6 Å². The van der Waals surface area contributed by atoms with E-state index in [1.54, 1.807) is 6.26 Å². The zero-order valence-electron chi connectivity index (χ0n) is 14.5. The molecule has 4 heteroatoms. The molecule has 0 fully saturated rings. The molecule has 0 saturated carbocycles. The van der Waals surface area contributed by atoms with E-state index in [0.29, 0.717) is 6.54 Å². The molecule has 0 saturated heterocycles. The predicted octanol–water partition coefficient (Wildman–Crippen LogP) is 3.34. The summed E-state index contributed by atoms with van der Waals surface area (Å²) in [6.07, 6.45) is 1.65. The Morgan fingerprint density at radius 3 is 2.60 bits per heavy atom. The number of carbonyl (C=O) groups is 1. The summed E-state index contributed by atoms with van der Waals surface area (Å²) >= 11 is 0. The molecule has 0 aliphatic rings. The van der Waals surface area contributed by atoms with E-state index in [2.05, 4.69) is 5.32 Å². The Balaban J connectivity index is 1.80. The summed E-state index contributed by atoms with van der Waals surface area (Å²) in [5, 5.41) is 5.07. The minimum atomic E-state index is -0.341. The second kappa shape index (κ2) is 7.81. The summed E-state index contributed by atoms with van der Waals surface area (Å²) < 4.78 is 5.39. The van der Waals surface area contributed by atoms with Crippen LogP contribution in [0.25, 0.3) is 0 Å². The lowest BCUT2D eigenvalue weighted by molar-refractivity contribution is -0.699. The van der Waals surface area contributed by atoms with Gasteiger partial charge in [-0.25, -0.2) is 0 Å². The van der Waals surface area contributed by atoms with Gasteiger partial charge < -0.3 is 15.1 Å². The van der Waals surface area contributed by atoms with E-state index in [9.17, 15) is 4.79 Å². The largest absolute Gasteiger partial charge is 0.463 e. The Kier molecular flexibility index (Phi) is 5.31. The molecule has 1 aromatic heterocycles. The van der Waals surface area contributed by atoms with Gasteiger partial charge in [0.05, 0.1) is 6.26 Å². The van der Waals surface area contributed by atoms with Crippen LogP contribution in [-0.2, 0) is 11.3 Å². The minimum Gasteiger partial charge on any atom is -0.463 e. The SMILES string of the molecule is Cc1ccc(C)c(NC(=O)[C@H]([NH2+]Cc2ccco2)c2ccccc2)c1. The van der Waals surface area contributed by atoms with Crippen molar-refractivity contribution in [3.05, 3.63) is 89.4 Å². The molecule has 0 spiro atoms. The maximum absolute atomic E-state index is 13.0. The van der Waals surface area contributed by atoms with Crippen molar-refractivity contribution in [2.45, 2.75) is 26.4 Å². The van der Waals surface area contributed by atoms with E-state index in [-0.39, 0.29) is 11.9 Å². The number of rotatable bonds is 6. The molecule has 1 amide bonds. The normalized spacial score (nSPS) is 11.9. The van der Waals surface area contributed by atoms with Gasteiger partial charge in [-0.2, -0.15) is 0 Å². The molecule has 1 heterocycles. The molecule has 3 N–H and O–H groups in total. The Labute approximate surface area is 147 Å². The third kappa shape index (κ3) is 4.37. The van der Waals surface area contributed by atoms with Gasteiger partial charge in [-0.15, -0.1) is 0 Å². The molecule has 128 valence electrons. The maximum Gasteiger partial charge on any atom is 0.287 e. The first-order valence-electron chi connectivity index (χ1n) is 8.42. The van der Waals surface area contributed by atoms with E-state index in [0.717, 1.165) is 28.1 Å². The zero-order chi connectivity index (χ0) is 17.6. The quantitative estimate of drug-likeness (QED) is 0.726. The van der Waals surface area contributed by atoms with Crippen LogP contribution in [-0.4, -0.2) is 5.91 Å². The number of carbonyl (C=O) groups excluding carboxylic acids is 1. The van der Waals surface area contributed by atoms with Crippen molar-refractivity contribution in [2.24, 2.45) is 0 Å². The summed E-state index contributed by atoms with van der Waals surface area (Å²) in [7, 11) is 0. The molecule has 3 aromatic rings. The molecular weight excluding hydrogens is 312 g/mol. The van der Waals surface area contributed by atoms with Gasteiger partial charge in [0.15, 0.2) is 11.8 Å². The molecule has 0 aliphatic heterocycles. The molecule has 0 aliphatic carbocycles. The van der Waals surface area contributed by atoms with Crippen LogP contribution in [0.1, 0.15) is 28.5 Å². The van der Waals surface area contributed by atoms with Crippen LogP contribution in [0.2, 0.25) is 0 Å². The number of quaternary nitrogens is 1. The van der Waals surface area contributed by atoms with Gasteiger partial charge in [-0.1, -0.05) is 42.5 Å². The number of aryl methyl sites for hydroxylation is 2. The number of furan rings is 1. The highest BCUT2D eigenvalue weighted by Gasteiger charge is 2.24. The van der Waals surface area contributed by atoms with E-state index >= 15 is 0 Å². The molecule has 1 atom stereocenters. The van der Waals surface area contributed by atoms with Crippen LogP contribution in [0, 0.1) is 13.8 Å². The molecule has 0 unspecified atom stereocenters. The van der Waals surface area contributed by atoms with Crippen molar-refractivity contribution in [3.63, 3.8) is 0 Å². The first-order valence-corrected chi connectivity index (χ1v) is 8.42. The number of benzene rings is 2. The van der Waals surface area contributed by atoms with Crippen molar-refractivity contribution in [3.8, 4) is 0 Å². The van der Waals surface area contributed by atoms with Crippen molar-refractivity contribution in [2.75, 3.05) is 5.32 Å². The maximum atomic E-state index is 13.0. The summed E-state index contributed by atoms with van der Waals surface area (Å²) in [4.78, 5) is 13.0. The smallest absolute Gasteiger partial charge is 0.287 e. The van der Waals surface area contributed by atoms with Crippen LogP contribution in [0.3, 0.4) is 0 Å². The molecular formula is C21H23N2O2+. The van der Waals surface area contributed by atoms with Gasteiger partial charge in [0.2, 0.25) is 0 Å². The van der Waals surface area contributed by atoms with E-state index < -0.39 is 0 Å². The standard InChI is InChI=1S/C21H22N2O2/c1-15-10-11-16(2)19(13-15)23-21(24)20(17-7-4-3-5-8-17)22-14-18-9-6-12-25-18/h3-13,20,22H,14H2,1-2H3,(H,23,24)/p+1/t20-/m1/s1. The lowest BCUT2D eigenvalue weighted by Crippen LogP contribution is -2.85. The number of nitrogens with two attached hydrogens (primary N) is 1. The molecule has 0 radical (unpaired) electrons. The van der Waals surface area contributed by atoms with Crippen LogP contribution < -0.4 is 10.6 Å². The average Bonchev–Trinajstić information content (AvgIpc) is 3.13. The first kappa shape index (κ1) is 17.0. The van der Waals surface area contributed by atoms with Gasteiger partial charge in [-0.05, 0) is 43.2 Å². The summed E-state index contributed by atoms with van der Waals surface area (Å²) in [5.74, 6) is 0.812. The second-order valence-corrected chi connectivity index (χ2v) is 6.22. The highest BCUT2D eigenvalue weighted by Crippen LogP contribution is 2.18. The van der Waals surface area contributed by atoms with Gasteiger partial charge in [-0.3, -0.25) is 4.79 Å². The lowest BCUT2D eigenvalue weighted by atomic mass is 10.1. The summed E-state index contributed by atoms with van der Waals surface area (Å²) in [5.41, 5.74) is 4.00. The van der Waals surface area contributed by atoms with Crippen LogP contribution in [0.15, 0.2) is 71.3 Å². The van der Waals surface area contributed by atoms with Crippen molar-refractivity contribution in [1.29, 1.82) is 0 Å². The molecule has 0 bridgehead atoms. The van der Waals surface area contributed by atoms with Crippen LogP contribution >= 0.6 is 0 Å². The predicted molar refractivity (Wildman–Crippen MR) is 98.1 cm³/mol. The van der Waals surface area contributed by atoms with Crippen LogP contribution in [0.5, 0.6) is 0 Å². The Morgan fingerprint density at radius 2 is 1.88 bits per heavy atom. The number of hydrogen-bond acceptors (Lipinski definition) is 2. The third-order valence-electron chi connectivity index (χ3n) is 4.23. The molecule has 2 aromatic carbocycles. The van der Waals surface area contributed by atoms with Gasteiger partial charge in [0.1, 0.15) is 6.54 Å². The van der Waals surface area contributed by atoms with E-state index in [4.69, 9.17) is 4.42 Å². The van der Waals surface area contributed by atoms with Gasteiger partial charge in [0, 0.05) is 11.3 Å². The minimum absolute atomic E-state index is 0.0357. The van der Waals surface area contributed by atoms with Crippen molar-refractivity contribution < 1.29 is 14.5 Å². The zero-order valence-corrected chi connectivity index (χ0v) is 14.5. The Hall–Kier alpha value is -2.85. The molecule has 3 rings (SSSR count). The fourth-order valence-electron chi connectivity index (χ4n) is 2.80.